The Hall–Kier alpha value is -1.56. The number of carbonyl (C=O) groups is 2. The average molecular weight is 420 g/mol. The van der Waals surface area contributed by atoms with E-state index in [1.807, 2.05) is 24.5 Å². The van der Waals surface area contributed by atoms with Gasteiger partial charge in [-0.3, -0.25) is 9.59 Å². The smallest absolute Gasteiger partial charge is 0.348 e. The Morgan fingerprint density at radius 2 is 1.04 bits per heavy atom. The molecule has 0 bridgehead atoms. The van der Waals surface area contributed by atoms with Gasteiger partial charge in [0, 0.05) is 50.1 Å². The van der Waals surface area contributed by atoms with Crippen LogP contribution in [0.4, 0.5) is 26.3 Å². The molecule has 2 aliphatic rings. The summed E-state index contributed by atoms with van der Waals surface area (Å²) in [5.74, 6) is -3.70. The Kier molecular flexibility index (Phi) is 8.12. The van der Waals surface area contributed by atoms with Gasteiger partial charge in [0.2, 0.25) is 0 Å². The third-order valence-electron chi connectivity index (χ3n) is 5.26. The van der Waals surface area contributed by atoms with Crippen LogP contribution >= 0.6 is 0 Å². The molecule has 0 unspecified atom stereocenters. The lowest BCUT2D eigenvalue weighted by molar-refractivity contribution is -0.174. The molecule has 0 aromatic heterocycles. The fourth-order valence-electron chi connectivity index (χ4n) is 2.69. The molecule has 2 amide bonds. The molecule has 0 aromatic rings. The number of hydrogen-bond acceptors (Lipinski definition) is 4. The second kappa shape index (κ2) is 9.29. The number of hydrogen-bond donors (Lipinski definition) is 4. The summed E-state index contributed by atoms with van der Waals surface area (Å²) < 4.78 is 70.9. The molecule has 0 radical (unpaired) electrons. The molecule has 2 heterocycles. The molecule has 28 heavy (non-hydrogen) atoms. The van der Waals surface area contributed by atoms with Gasteiger partial charge >= 0.3 is 24.2 Å². The van der Waals surface area contributed by atoms with Gasteiger partial charge in [-0.25, -0.2) is 0 Å². The van der Waals surface area contributed by atoms with Gasteiger partial charge in [0.1, 0.15) is 0 Å². The second-order valence-corrected chi connectivity index (χ2v) is 7.28. The van der Waals surface area contributed by atoms with Gasteiger partial charge in [-0.1, -0.05) is 13.8 Å². The van der Waals surface area contributed by atoms with Crippen LogP contribution in [0.5, 0.6) is 0 Å². The number of nitrogens with one attached hydrogen (secondary N) is 4. The van der Waals surface area contributed by atoms with Gasteiger partial charge < -0.3 is 21.3 Å². The molecular formula is C16H26F6N4O2. The number of alkyl halides is 6. The lowest BCUT2D eigenvalue weighted by Gasteiger charge is -2.42. The molecule has 0 atom stereocenters. The number of amides is 2. The molecule has 2 rings (SSSR count). The molecule has 4 N–H and O–H groups in total. The minimum absolute atomic E-state index is 0.0921. The number of carbonyl (C=O) groups excluding carboxylic acids is 2. The van der Waals surface area contributed by atoms with Crippen LogP contribution in [0.3, 0.4) is 0 Å². The summed E-state index contributed by atoms with van der Waals surface area (Å²) >= 11 is 0. The zero-order chi connectivity index (χ0) is 21.6. The van der Waals surface area contributed by atoms with Crippen molar-refractivity contribution in [3.63, 3.8) is 0 Å². The SMILES string of the molecule is CCC1(CNC(=O)C(F)(F)F)CNC1.CCC1(CNC(=O)C(F)(F)F)CNC1. The fourth-order valence-corrected chi connectivity index (χ4v) is 2.69. The maximum absolute atomic E-state index is 11.8. The Balaban J connectivity index is 0.000000280. The Labute approximate surface area is 159 Å². The Morgan fingerprint density at radius 3 is 1.18 bits per heavy atom. The van der Waals surface area contributed by atoms with Crippen LogP contribution in [-0.4, -0.2) is 63.4 Å². The van der Waals surface area contributed by atoms with E-state index in [9.17, 15) is 35.9 Å². The molecule has 6 nitrogen and oxygen atoms in total. The summed E-state index contributed by atoms with van der Waals surface area (Å²) in [6, 6.07) is 0. The number of rotatable bonds is 6. The molecule has 2 aliphatic heterocycles. The molecule has 0 aliphatic carbocycles. The van der Waals surface area contributed by atoms with Crippen molar-refractivity contribution in [1.82, 2.24) is 21.3 Å². The van der Waals surface area contributed by atoms with Crippen LogP contribution in [0, 0.1) is 10.8 Å². The van der Waals surface area contributed by atoms with Crippen LogP contribution in [0.15, 0.2) is 0 Å². The first-order valence-corrected chi connectivity index (χ1v) is 8.91. The van der Waals surface area contributed by atoms with E-state index in [4.69, 9.17) is 0 Å². The summed E-state index contributed by atoms with van der Waals surface area (Å²) in [4.78, 5) is 21.0. The molecule has 0 saturated carbocycles. The lowest BCUT2D eigenvalue weighted by atomic mass is 9.79. The largest absolute Gasteiger partial charge is 0.471 e. The average Bonchev–Trinajstić information content (AvgIpc) is 2.52. The van der Waals surface area contributed by atoms with Crippen molar-refractivity contribution in [3.8, 4) is 0 Å². The van der Waals surface area contributed by atoms with Crippen molar-refractivity contribution in [3.05, 3.63) is 0 Å². The van der Waals surface area contributed by atoms with Crippen molar-refractivity contribution in [2.24, 2.45) is 10.8 Å². The fraction of sp³-hybridized carbons (Fsp3) is 0.875. The van der Waals surface area contributed by atoms with Crippen molar-refractivity contribution < 1.29 is 35.9 Å². The number of halogens is 6. The molecule has 2 saturated heterocycles. The summed E-state index contributed by atoms with van der Waals surface area (Å²) in [5, 5.41) is 9.79. The summed E-state index contributed by atoms with van der Waals surface area (Å²) in [6.45, 7) is 6.66. The highest BCUT2D eigenvalue weighted by Gasteiger charge is 2.42. The highest BCUT2D eigenvalue weighted by molar-refractivity contribution is 5.82. The highest BCUT2D eigenvalue weighted by atomic mass is 19.4. The summed E-state index contributed by atoms with van der Waals surface area (Å²) in [6.07, 6.45) is -8.02. The third kappa shape index (κ3) is 6.80. The van der Waals surface area contributed by atoms with E-state index in [1.165, 1.54) is 0 Å². The van der Waals surface area contributed by atoms with E-state index in [0.717, 1.165) is 12.8 Å². The summed E-state index contributed by atoms with van der Waals surface area (Å²) in [5.41, 5.74) is -0.359. The molecule has 0 spiro atoms. The van der Waals surface area contributed by atoms with Crippen LogP contribution < -0.4 is 21.3 Å². The predicted molar refractivity (Wildman–Crippen MR) is 89.3 cm³/mol. The van der Waals surface area contributed by atoms with Crippen molar-refractivity contribution in [1.29, 1.82) is 0 Å². The van der Waals surface area contributed by atoms with E-state index in [0.29, 0.717) is 26.2 Å². The third-order valence-corrected chi connectivity index (χ3v) is 5.26. The minimum atomic E-state index is -4.77. The highest BCUT2D eigenvalue weighted by Crippen LogP contribution is 2.27. The zero-order valence-electron chi connectivity index (χ0n) is 15.7. The first-order valence-electron chi connectivity index (χ1n) is 8.91. The van der Waals surface area contributed by atoms with Gasteiger partial charge in [0.25, 0.3) is 0 Å². The maximum atomic E-state index is 11.8. The van der Waals surface area contributed by atoms with Crippen molar-refractivity contribution in [2.45, 2.75) is 39.0 Å². The molecule has 164 valence electrons. The zero-order valence-corrected chi connectivity index (χ0v) is 15.7. The topological polar surface area (TPSA) is 82.3 Å². The molecular weight excluding hydrogens is 394 g/mol. The quantitative estimate of drug-likeness (QED) is 0.489. The van der Waals surface area contributed by atoms with Gasteiger partial charge in [0.15, 0.2) is 0 Å². The van der Waals surface area contributed by atoms with Gasteiger partial charge in [0.05, 0.1) is 0 Å². The Morgan fingerprint density at radius 1 is 0.750 bits per heavy atom. The van der Waals surface area contributed by atoms with E-state index in [1.54, 1.807) is 0 Å². The first kappa shape index (κ1) is 24.5. The predicted octanol–water partition coefficient (Wildman–Crippen LogP) is 1.33. The molecule has 2 fully saturated rings. The monoisotopic (exact) mass is 420 g/mol. The maximum Gasteiger partial charge on any atom is 0.471 e. The van der Waals surface area contributed by atoms with E-state index >= 15 is 0 Å². The van der Waals surface area contributed by atoms with Gasteiger partial charge in [-0.05, 0) is 12.8 Å². The molecule has 12 heteroatoms. The van der Waals surface area contributed by atoms with Crippen LogP contribution in [0.2, 0.25) is 0 Å². The van der Waals surface area contributed by atoms with E-state index in [-0.39, 0.29) is 23.9 Å². The van der Waals surface area contributed by atoms with Crippen LogP contribution in [0.1, 0.15) is 26.7 Å². The van der Waals surface area contributed by atoms with Gasteiger partial charge in [-0.2, -0.15) is 26.3 Å². The Bertz CT molecular complexity index is 483. The summed E-state index contributed by atoms with van der Waals surface area (Å²) in [7, 11) is 0. The van der Waals surface area contributed by atoms with E-state index in [2.05, 4.69) is 10.6 Å². The van der Waals surface area contributed by atoms with Crippen LogP contribution in [0.25, 0.3) is 0 Å². The standard InChI is InChI=1S/2C8H13F3N2O/c2*1-2-7(3-12-4-7)5-13-6(14)8(9,10)11/h2*12H,2-5H2,1H3,(H,13,14). The second-order valence-electron chi connectivity index (χ2n) is 7.28. The van der Waals surface area contributed by atoms with Gasteiger partial charge in [-0.15, -0.1) is 0 Å². The van der Waals surface area contributed by atoms with Crippen LogP contribution in [-0.2, 0) is 9.59 Å². The van der Waals surface area contributed by atoms with E-state index < -0.39 is 24.2 Å². The normalized spacial score (nSPS) is 20.0. The lowest BCUT2D eigenvalue weighted by Crippen LogP contribution is -2.59. The molecule has 0 aromatic carbocycles. The minimum Gasteiger partial charge on any atom is -0.348 e. The first-order chi connectivity index (χ1) is 12.8. The van der Waals surface area contributed by atoms with Crippen molar-refractivity contribution >= 4 is 11.8 Å². The van der Waals surface area contributed by atoms with Crippen molar-refractivity contribution in [2.75, 3.05) is 39.3 Å².